The molecule has 6 nitrogen and oxygen atoms in total. The van der Waals surface area contributed by atoms with Crippen molar-refractivity contribution in [1.82, 2.24) is 10.2 Å². The normalized spacial score (nSPS) is 18.3. The van der Waals surface area contributed by atoms with Crippen molar-refractivity contribution < 1.29 is 19.4 Å². The molecular weight excluding hydrogens is 344 g/mol. The van der Waals surface area contributed by atoms with Crippen LogP contribution in [0.2, 0.25) is 5.02 Å². The van der Waals surface area contributed by atoms with Crippen LogP contribution in [0.25, 0.3) is 0 Å². The maximum atomic E-state index is 12.6. The molecule has 1 aromatic rings. The van der Waals surface area contributed by atoms with Crippen molar-refractivity contribution in [3.8, 4) is 5.75 Å². The zero-order valence-corrected chi connectivity index (χ0v) is 15.5. The number of carboxylic acid groups (broad SMARTS) is 1. The van der Waals surface area contributed by atoms with E-state index in [1.54, 1.807) is 30.2 Å². The Balaban J connectivity index is 2.17. The lowest BCUT2D eigenvalue weighted by Crippen LogP contribution is -2.41. The summed E-state index contributed by atoms with van der Waals surface area (Å²) in [5, 5.41) is 12.7. The van der Waals surface area contributed by atoms with Crippen molar-refractivity contribution in [2.45, 2.75) is 32.7 Å². The van der Waals surface area contributed by atoms with Crippen LogP contribution in [-0.4, -0.2) is 42.2 Å². The number of ether oxygens (including phenoxy) is 1. The van der Waals surface area contributed by atoms with Crippen molar-refractivity contribution in [1.29, 1.82) is 0 Å². The lowest BCUT2D eigenvalue weighted by Gasteiger charge is -2.26. The van der Waals surface area contributed by atoms with Gasteiger partial charge in [0.1, 0.15) is 5.75 Å². The number of likely N-dealkylation sites (tertiary alicyclic amines) is 1. The number of hydrogen-bond acceptors (Lipinski definition) is 3. The van der Waals surface area contributed by atoms with E-state index in [9.17, 15) is 9.59 Å². The van der Waals surface area contributed by atoms with E-state index < -0.39 is 11.9 Å². The highest BCUT2D eigenvalue weighted by molar-refractivity contribution is 6.30. The molecule has 0 bridgehead atoms. The molecule has 2 atom stereocenters. The van der Waals surface area contributed by atoms with Gasteiger partial charge in [-0.3, -0.25) is 4.79 Å². The number of carbonyl (C=O) groups excluding carboxylic acids is 1. The molecular formula is C18H25ClN2O4. The van der Waals surface area contributed by atoms with E-state index in [1.165, 1.54) is 0 Å². The fraction of sp³-hybridized carbons (Fsp3) is 0.556. The van der Waals surface area contributed by atoms with Crippen molar-refractivity contribution in [2.24, 2.45) is 11.8 Å². The van der Waals surface area contributed by atoms with Gasteiger partial charge < -0.3 is 20.1 Å². The number of carboxylic acids is 1. The van der Waals surface area contributed by atoms with Gasteiger partial charge in [-0.25, -0.2) is 4.79 Å². The summed E-state index contributed by atoms with van der Waals surface area (Å²) in [5.41, 5.74) is 0.825. The third kappa shape index (κ3) is 5.01. The molecule has 0 radical (unpaired) electrons. The highest BCUT2D eigenvalue weighted by Gasteiger charge is 2.32. The van der Waals surface area contributed by atoms with Crippen LogP contribution >= 0.6 is 11.6 Å². The van der Waals surface area contributed by atoms with Gasteiger partial charge in [0.05, 0.1) is 19.1 Å². The van der Waals surface area contributed by atoms with Gasteiger partial charge in [-0.2, -0.15) is 0 Å². The monoisotopic (exact) mass is 368 g/mol. The molecule has 138 valence electrons. The second-order valence-electron chi connectivity index (χ2n) is 6.79. The predicted molar refractivity (Wildman–Crippen MR) is 96.0 cm³/mol. The second kappa shape index (κ2) is 8.43. The number of carbonyl (C=O) groups is 2. The molecule has 0 spiro atoms. The van der Waals surface area contributed by atoms with Gasteiger partial charge in [-0.15, -0.1) is 0 Å². The van der Waals surface area contributed by atoms with Gasteiger partial charge >= 0.3 is 12.0 Å². The van der Waals surface area contributed by atoms with E-state index in [2.05, 4.69) is 19.2 Å². The van der Waals surface area contributed by atoms with E-state index in [0.29, 0.717) is 29.7 Å². The van der Waals surface area contributed by atoms with Gasteiger partial charge in [0.25, 0.3) is 0 Å². The van der Waals surface area contributed by atoms with E-state index in [4.69, 9.17) is 21.4 Å². The third-order valence-electron chi connectivity index (χ3n) is 4.40. The summed E-state index contributed by atoms with van der Waals surface area (Å²) in [5.74, 6) is -0.333. The molecule has 0 aromatic heterocycles. The zero-order valence-electron chi connectivity index (χ0n) is 14.8. The van der Waals surface area contributed by atoms with Crippen LogP contribution < -0.4 is 10.1 Å². The Kier molecular flexibility index (Phi) is 6.53. The standard InChI is InChI=1S/C18H25ClN2O4/c1-11(2)8-15(14-9-13(19)4-5-16(14)25-3)20-18(24)21-7-6-12(10-21)17(22)23/h4-5,9,11-12,15H,6-8,10H2,1-3H3,(H,20,24)(H,22,23). The maximum Gasteiger partial charge on any atom is 0.317 e. The number of aliphatic carboxylic acids is 1. The van der Waals surface area contributed by atoms with Crippen LogP contribution in [0.5, 0.6) is 5.75 Å². The first-order chi connectivity index (χ1) is 11.8. The fourth-order valence-electron chi connectivity index (χ4n) is 3.10. The largest absolute Gasteiger partial charge is 0.496 e. The summed E-state index contributed by atoms with van der Waals surface area (Å²) in [6.45, 7) is 4.84. The summed E-state index contributed by atoms with van der Waals surface area (Å²) < 4.78 is 5.42. The number of hydrogen-bond donors (Lipinski definition) is 2. The second-order valence-corrected chi connectivity index (χ2v) is 7.22. The third-order valence-corrected chi connectivity index (χ3v) is 4.63. The number of benzene rings is 1. The number of rotatable bonds is 6. The topological polar surface area (TPSA) is 78.9 Å². The Morgan fingerprint density at radius 2 is 2.16 bits per heavy atom. The molecule has 0 aliphatic carbocycles. The highest BCUT2D eigenvalue weighted by atomic mass is 35.5. The lowest BCUT2D eigenvalue weighted by molar-refractivity contribution is -0.141. The van der Waals surface area contributed by atoms with Gasteiger partial charge in [-0.1, -0.05) is 25.4 Å². The van der Waals surface area contributed by atoms with Crippen LogP contribution in [0.4, 0.5) is 4.79 Å². The summed E-state index contributed by atoms with van der Waals surface area (Å²) in [6.07, 6.45) is 1.21. The molecule has 1 aromatic carbocycles. The van der Waals surface area contributed by atoms with Gasteiger partial charge in [0.2, 0.25) is 0 Å². The highest BCUT2D eigenvalue weighted by Crippen LogP contribution is 2.32. The molecule has 2 unspecified atom stereocenters. The molecule has 2 amide bonds. The Bertz CT molecular complexity index is 636. The van der Waals surface area contributed by atoms with Crippen LogP contribution in [0.1, 0.15) is 38.3 Å². The molecule has 2 N–H and O–H groups in total. The molecule has 1 aliphatic rings. The van der Waals surface area contributed by atoms with E-state index >= 15 is 0 Å². The van der Waals surface area contributed by atoms with Gasteiger partial charge in [0.15, 0.2) is 0 Å². The summed E-state index contributed by atoms with van der Waals surface area (Å²) in [6, 6.07) is 4.82. The molecule has 25 heavy (non-hydrogen) atoms. The smallest absolute Gasteiger partial charge is 0.317 e. The summed E-state index contributed by atoms with van der Waals surface area (Å²) in [4.78, 5) is 25.3. The molecule has 1 aliphatic heterocycles. The van der Waals surface area contributed by atoms with E-state index in [-0.39, 0.29) is 18.6 Å². The molecule has 1 saturated heterocycles. The van der Waals surface area contributed by atoms with Crippen LogP contribution in [-0.2, 0) is 4.79 Å². The number of amides is 2. The Labute approximate surface area is 153 Å². The van der Waals surface area contributed by atoms with Crippen molar-refractivity contribution in [3.63, 3.8) is 0 Å². The summed E-state index contributed by atoms with van der Waals surface area (Å²) in [7, 11) is 1.58. The zero-order chi connectivity index (χ0) is 18.6. The van der Waals surface area contributed by atoms with Gasteiger partial charge in [-0.05, 0) is 37.0 Å². The van der Waals surface area contributed by atoms with Crippen molar-refractivity contribution in [3.05, 3.63) is 28.8 Å². The average Bonchev–Trinajstić information content (AvgIpc) is 3.04. The minimum absolute atomic E-state index is 0.238. The molecule has 1 fully saturated rings. The first-order valence-corrected chi connectivity index (χ1v) is 8.81. The lowest BCUT2D eigenvalue weighted by atomic mass is 9.96. The number of urea groups is 1. The Hall–Kier alpha value is -1.95. The summed E-state index contributed by atoms with van der Waals surface area (Å²) >= 11 is 6.13. The first kappa shape index (κ1) is 19.4. The molecule has 7 heteroatoms. The first-order valence-electron chi connectivity index (χ1n) is 8.43. The number of methoxy groups -OCH3 is 1. The Morgan fingerprint density at radius 1 is 1.44 bits per heavy atom. The fourth-order valence-corrected chi connectivity index (χ4v) is 3.28. The maximum absolute atomic E-state index is 12.6. The predicted octanol–water partition coefficient (Wildman–Crippen LogP) is 3.55. The van der Waals surface area contributed by atoms with E-state index in [1.807, 2.05) is 0 Å². The van der Waals surface area contributed by atoms with Crippen LogP contribution in [0.3, 0.4) is 0 Å². The Morgan fingerprint density at radius 3 is 2.72 bits per heavy atom. The van der Waals surface area contributed by atoms with E-state index in [0.717, 1.165) is 12.0 Å². The van der Waals surface area contributed by atoms with Crippen LogP contribution in [0, 0.1) is 11.8 Å². The SMILES string of the molecule is COc1ccc(Cl)cc1C(CC(C)C)NC(=O)N1CCC(C(=O)O)C1. The number of nitrogens with zero attached hydrogens (tertiary/aromatic N) is 1. The van der Waals surface area contributed by atoms with Crippen molar-refractivity contribution in [2.75, 3.05) is 20.2 Å². The molecule has 2 rings (SSSR count). The average molecular weight is 369 g/mol. The number of halogens is 1. The molecule has 0 saturated carbocycles. The number of nitrogens with one attached hydrogen (secondary N) is 1. The van der Waals surface area contributed by atoms with Gasteiger partial charge in [0, 0.05) is 23.7 Å². The van der Waals surface area contributed by atoms with Crippen LogP contribution in [0.15, 0.2) is 18.2 Å². The quantitative estimate of drug-likeness (QED) is 0.804. The molecule has 1 heterocycles. The van der Waals surface area contributed by atoms with Crippen molar-refractivity contribution >= 4 is 23.6 Å². The minimum Gasteiger partial charge on any atom is -0.496 e. The minimum atomic E-state index is -0.856.